The third-order valence-corrected chi connectivity index (χ3v) is 8.74. The fourth-order valence-electron chi connectivity index (χ4n) is 4.84. The van der Waals surface area contributed by atoms with Crippen LogP contribution < -0.4 is 29.1 Å². The van der Waals surface area contributed by atoms with Crippen LogP contribution in [-0.4, -0.2) is 68.2 Å². The zero-order valence-corrected chi connectivity index (χ0v) is 33.3. The van der Waals surface area contributed by atoms with Crippen molar-refractivity contribution in [1.29, 1.82) is 0 Å². The summed E-state index contributed by atoms with van der Waals surface area (Å²) < 4.78 is 49.0. The number of carbonyl (C=O) groups is 5. The number of hydrazone groups is 1. The average Bonchev–Trinajstić information content (AvgIpc) is 3.70. The molecule has 18 heteroatoms. The van der Waals surface area contributed by atoms with Crippen LogP contribution in [0.25, 0.3) is 21.3 Å². The van der Waals surface area contributed by atoms with E-state index in [0.717, 1.165) is 28.4 Å². The number of para-hydroxylation sites is 1. The molecule has 0 aliphatic heterocycles. The van der Waals surface area contributed by atoms with E-state index in [1.165, 1.54) is 35.8 Å². The van der Waals surface area contributed by atoms with Crippen molar-refractivity contribution in [2.24, 2.45) is 5.10 Å². The minimum absolute atomic E-state index is 0.000741. The summed E-state index contributed by atoms with van der Waals surface area (Å²) in [5, 5.41) is 4.89. The molecule has 0 atom stereocenters. The van der Waals surface area contributed by atoms with Gasteiger partial charge in [0.25, 0.3) is 0 Å². The minimum Gasteiger partial charge on any atom is -0.453 e. The fraction of sp³-hybridized carbons (Fsp3) is 0.140. The monoisotopic (exact) mass is 851 g/mol. The number of nitrogens with zero attached hydrogens (tertiary/aromatic N) is 2. The van der Waals surface area contributed by atoms with Gasteiger partial charge in [0.2, 0.25) is 32.3 Å². The lowest BCUT2D eigenvalue weighted by Gasteiger charge is -2.15. The number of nitrogens with one attached hydrogen (secondary N) is 1. The quantitative estimate of drug-likeness (QED) is 0.0140. The lowest BCUT2D eigenvalue weighted by molar-refractivity contribution is -0.150. The molecular weight excluding hydrogens is 815 g/mol. The van der Waals surface area contributed by atoms with E-state index in [-0.39, 0.29) is 40.7 Å². The van der Waals surface area contributed by atoms with E-state index in [2.05, 4.69) is 35.2 Å². The van der Waals surface area contributed by atoms with Crippen LogP contribution in [-0.2, 0) is 38.1 Å². The number of benzene rings is 4. The first-order valence-corrected chi connectivity index (χ1v) is 18.8. The van der Waals surface area contributed by atoms with E-state index in [9.17, 15) is 24.0 Å². The lowest BCUT2D eigenvalue weighted by Crippen LogP contribution is -2.13. The smallest absolute Gasteiger partial charge is 0.343 e. The minimum atomic E-state index is -0.825. The molecule has 0 spiro atoms. The van der Waals surface area contributed by atoms with Crippen LogP contribution in [0.3, 0.4) is 0 Å². The first-order valence-electron chi connectivity index (χ1n) is 17.9. The predicted molar refractivity (Wildman–Crippen MR) is 221 cm³/mol. The van der Waals surface area contributed by atoms with Gasteiger partial charge in [-0.2, -0.15) is 5.10 Å². The van der Waals surface area contributed by atoms with Crippen LogP contribution in [0.1, 0.15) is 29.3 Å². The molecule has 1 N–H and O–H groups in total. The molecule has 0 saturated carbocycles. The van der Waals surface area contributed by atoms with Gasteiger partial charge in [0.1, 0.15) is 5.75 Å². The van der Waals surface area contributed by atoms with Crippen molar-refractivity contribution in [1.82, 2.24) is 4.98 Å². The zero-order valence-electron chi connectivity index (χ0n) is 32.5. The molecule has 5 rings (SSSR count). The third-order valence-electron chi connectivity index (χ3n) is 7.80. The van der Waals surface area contributed by atoms with Gasteiger partial charge in [0.15, 0.2) is 23.0 Å². The number of anilines is 1. The molecule has 0 unspecified atom stereocenters. The van der Waals surface area contributed by atoms with E-state index in [0.29, 0.717) is 21.8 Å². The second-order valence-electron chi connectivity index (χ2n) is 11.7. The number of ether oxygens (including phenoxy) is 9. The molecule has 0 radical (unpaired) electrons. The van der Waals surface area contributed by atoms with Gasteiger partial charge in [-0.1, -0.05) is 62.3 Å². The zero-order chi connectivity index (χ0) is 43.6. The van der Waals surface area contributed by atoms with Gasteiger partial charge >= 0.3 is 29.8 Å². The fourth-order valence-corrected chi connectivity index (χ4v) is 5.65. The van der Waals surface area contributed by atoms with Crippen molar-refractivity contribution in [2.75, 3.05) is 32.6 Å². The molecule has 4 aromatic carbocycles. The number of thiazole rings is 1. The number of fused-ring (bicyclic) bond motifs is 1. The topological polar surface area (TPSA) is 206 Å². The molecule has 0 aliphatic rings. The summed E-state index contributed by atoms with van der Waals surface area (Å²) in [5.74, 6) is -3.08. The number of hydrogen-bond donors (Lipinski definition) is 1. The van der Waals surface area contributed by atoms with E-state index >= 15 is 0 Å². The van der Waals surface area contributed by atoms with Crippen molar-refractivity contribution < 1.29 is 66.6 Å². The normalized spacial score (nSPS) is 10.5. The molecule has 1 heterocycles. The molecule has 1 aromatic heterocycles. The largest absolute Gasteiger partial charge is 0.453 e. The SMILES string of the molecule is C=CC(=O)OCOc1ccc(C(=O)Oc2ccc(-c3ccc(OCOC(=O)CC)c(OCOC(=O)C=C)c3)cc2/C=N/Nc2nc3ccccc3s2)cc1OCOC(=O)C=C. The standard InChI is InChI=1S/C43H37N3O14S/c1-5-38(47)56-23-52-33-17-14-28(20-35(33)54-25-58-40(49)7-3)27-13-16-32(30(19-27)22-44-46-43-45-31-11-9-10-12-37(31)61-43)60-42(51)29-15-18-34(53-24-57-39(48)6-2)36(21-29)55-26-59-41(50)8-4/h6-22H,2-5,23-26H2,1H3,(H,45,46)/b44-22+. The molecule has 61 heavy (non-hydrogen) atoms. The number of carbonyl (C=O) groups excluding carboxylic acids is 5. The molecule has 0 fully saturated rings. The van der Waals surface area contributed by atoms with Crippen molar-refractivity contribution >= 4 is 62.7 Å². The number of hydrogen-bond acceptors (Lipinski definition) is 18. The van der Waals surface area contributed by atoms with E-state index in [1.807, 2.05) is 24.3 Å². The summed E-state index contributed by atoms with van der Waals surface area (Å²) in [6, 6.07) is 21.4. The highest BCUT2D eigenvalue weighted by atomic mass is 32.1. The van der Waals surface area contributed by atoms with Crippen molar-refractivity contribution in [3.8, 4) is 39.9 Å². The third kappa shape index (κ3) is 13.0. The Kier molecular flexibility index (Phi) is 16.1. The molecular formula is C43H37N3O14S. The molecule has 5 aromatic rings. The summed E-state index contributed by atoms with van der Waals surface area (Å²) in [5.41, 5.74) is 5.22. The van der Waals surface area contributed by atoms with Gasteiger partial charge in [-0.05, 0) is 65.7 Å². The van der Waals surface area contributed by atoms with E-state index < -0.39 is 57.0 Å². The Morgan fingerprint density at radius 2 is 1.20 bits per heavy atom. The summed E-state index contributed by atoms with van der Waals surface area (Å²) in [7, 11) is 0. The van der Waals surface area contributed by atoms with Crippen LogP contribution >= 0.6 is 11.3 Å². The molecule has 17 nitrogen and oxygen atoms in total. The summed E-state index contributed by atoms with van der Waals surface area (Å²) in [6.45, 7) is 9.71. The number of esters is 5. The Balaban J connectivity index is 1.45. The Hall–Kier alpha value is -7.99. The molecule has 314 valence electrons. The highest BCUT2D eigenvalue weighted by Crippen LogP contribution is 2.35. The second-order valence-corrected chi connectivity index (χ2v) is 12.8. The molecule has 0 amide bonds. The van der Waals surface area contributed by atoms with Crippen molar-refractivity contribution in [3.63, 3.8) is 0 Å². The average molecular weight is 852 g/mol. The van der Waals surface area contributed by atoms with Crippen LogP contribution in [0.5, 0.6) is 28.7 Å². The van der Waals surface area contributed by atoms with Crippen molar-refractivity contribution in [2.45, 2.75) is 13.3 Å². The number of aromatic nitrogens is 1. The Morgan fingerprint density at radius 1 is 0.656 bits per heavy atom. The van der Waals surface area contributed by atoms with Gasteiger partial charge in [-0.15, -0.1) is 0 Å². The van der Waals surface area contributed by atoms with Gasteiger partial charge in [0, 0.05) is 30.2 Å². The maximum Gasteiger partial charge on any atom is 0.343 e. The second kappa shape index (κ2) is 22.2. The van der Waals surface area contributed by atoms with Crippen LogP contribution in [0.4, 0.5) is 5.13 Å². The van der Waals surface area contributed by atoms with Gasteiger partial charge in [-0.25, -0.2) is 24.2 Å². The molecule has 0 bridgehead atoms. The van der Waals surface area contributed by atoms with Gasteiger partial charge in [-0.3, -0.25) is 10.2 Å². The van der Waals surface area contributed by atoms with Crippen molar-refractivity contribution in [3.05, 3.63) is 128 Å². The van der Waals surface area contributed by atoms with Gasteiger partial charge < -0.3 is 42.6 Å². The Bertz CT molecular complexity index is 2430. The van der Waals surface area contributed by atoms with E-state index in [4.69, 9.17) is 42.6 Å². The Labute approximate surface area is 352 Å². The highest BCUT2D eigenvalue weighted by molar-refractivity contribution is 7.22. The maximum atomic E-state index is 13.7. The summed E-state index contributed by atoms with van der Waals surface area (Å²) in [4.78, 5) is 64.7. The summed E-state index contributed by atoms with van der Waals surface area (Å²) in [6.07, 6.45) is 4.47. The maximum absolute atomic E-state index is 13.7. The Morgan fingerprint density at radius 3 is 1.80 bits per heavy atom. The number of rotatable bonds is 22. The van der Waals surface area contributed by atoms with Crippen LogP contribution in [0.2, 0.25) is 0 Å². The highest BCUT2D eigenvalue weighted by Gasteiger charge is 2.18. The molecule has 0 aliphatic carbocycles. The summed E-state index contributed by atoms with van der Waals surface area (Å²) >= 11 is 1.39. The first kappa shape index (κ1) is 44.1. The van der Waals surface area contributed by atoms with Gasteiger partial charge in [0.05, 0.1) is 22.0 Å². The van der Waals surface area contributed by atoms with Crippen LogP contribution in [0.15, 0.2) is 122 Å². The predicted octanol–water partition coefficient (Wildman–Crippen LogP) is 7.11. The first-order chi connectivity index (χ1) is 29.6. The van der Waals surface area contributed by atoms with Crippen LogP contribution in [0, 0.1) is 0 Å². The molecule has 0 saturated heterocycles. The lowest BCUT2D eigenvalue weighted by atomic mass is 10.0. The van der Waals surface area contributed by atoms with E-state index in [1.54, 1.807) is 43.3 Å².